The van der Waals surface area contributed by atoms with E-state index in [1.54, 1.807) is 24.3 Å². The fourth-order valence-corrected chi connectivity index (χ4v) is 9.65. The van der Waals surface area contributed by atoms with Crippen molar-refractivity contribution in [3.05, 3.63) is 121 Å². The van der Waals surface area contributed by atoms with Gasteiger partial charge in [-0.15, -0.1) is 0 Å². The van der Waals surface area contributed by atoms with Gasteiger partial charge in [-0.3, -0.25) is 24.2 Å². The Morgan fingerprint density at radius 3 is 2.43 bits per heavy atom. The molecule has 0 saturated carbocycles. The van der Waals surface area contributed by atoms with Crippen molar-refractivity contribution in [3.8, 4) is 29.1 Å². The summed E-state index contributed by atoms with van der Waals surface area (Å²) in [6.45, 7) is 1.17. The number of benzene rings is 4. The molecule has 378 valence electrons. The zero-order valence-corrected chi connectivity index (χ0v) is 39.5. The molecule has 4 aromatic rings. The maximum atomic E-state index is 15.8. The number of rotatable bonds is 11. The Bertz CT molecular complexity index is 2940. The average Bonchev–Trinajstić information content (AvgIpc) is 3.34. The SMILES string of the molecule is CC(=O)Oc1cc(CO)c2c3c1/C=C/c1cccc(c1)C[C@H](O)CC[C@@H](N)C#CCc1c(O[C@H]4O[C@@H](C)[C@@H](O)C(O)(O)[C@H]4OC[C@H]4CCN=C(N)N4)c(Cc4cccc(CO)c4C=O)c(O)c(c1C3=O)C2=O. The second-order valence-electron chi connectivity index (χ2n) is 18.3. The number of aliphatic imine (C=N–C) groups is 1. The highest BCUT2D eigenvalue weighted by Gasteiger charge is 2.56. The Labute approximate surface area is 413 Å². The molecule has 0 unspecified atom stereocenters. The van der Waals surface area contributed by atoms with E-state index in [-0.39, 0.29) is 93.4 Å². The molecule has 2 aliphatic carbocycles. The molecular formula is C53H56N4O15. The van der Waals surface area contributed by atoms with Crippen molar-refractivity contribution in [2.75, 3.05) is 13.2 Å². The van der Waals surface area contributed by atoms with E-state index in [9.17, 15) is 45.3 Å². The van der Waals surface area contributed by atoms with Crippen LogP contribution < -0.4 is 26.3 Å². The second kappa shape index (κ2) is 21.5. The van der Waals surface area contributed by atoms with Crippen LogP contribution in [0.4, 0.5) is 0 Å². The summed E-state index contributed by atoms with van der Waals surface area (Å²) in [6, 6.07) is 11.7. The molecule has 1 saturated heterocycles. The molecule has 4 bridgehead atoms. The highest BCUT2D eigenvalue weighted by Crippen LogP contribution is 2.48. The van der Waals surface area contributed by atoms with Crippen LogP contribution in [0.2, 0.25) is 0 Å². The molecule has 7 atom stereocenters. The number of ether oxygens (including phenoxy) is 4. The van der Waals surface area contributed by atoms with Gasteiger partial charge in [0.05, 0.1) is 49.7 Å². The molecule has 4 aromatic carbocycles. The van der Waals surface area contributed by atoms with Crippen LogP contribution in [-0.2, 0) is 46.7 Å². The number of nitrogens with two attached hydrogens (primary N) is 2. The van der Waals surface area contributed by atoms with Gasteiger partial charge in [-0.25, -0.2) is 0 Å². The Kier molecular flexibility index (Phi) is 15.4. The standard InChI is InChI=1S/C53H56N4O15/c1-26-49(66)53(67,68)50(69-25-34-16-17-56-52(55)57-34)51(70-26)72-48-37-11-5-10-33(54)13-14-35(62)19-29-7-3-6-28(18-29)12-15-36-40(71-27(2)61)21-32(23-59)41-42(36)47(65)43(37)44(46(41)64)45(63)38(48)20-30-8-4-9-31(22-58)39(30)24-60/h3-4,6-9,12,15,18,21,24,26,33-35,49-51,58-59,62-63,66-68H,11,13-14,16-17,19-20,22-23,25,54H2,1-2H3,(H3,55,56,57)/b15-12+/t26-,33-,34+,35+,49+,50-,51+/m0/s1. The lowest BCUT2D eigenvalue weighted by Gasteiger charge is -2.46. The smallest absolute Gasteiger partial charge is 0.308 e. The molecule has 0 aromatic heterocycles. The van der Waals surface area contributed by atoms with Gasteiger partial charge in [0.1, 0.15) is 23.4 Å². The molecule has 19 nitrogen and oxygen atoms in total. The number of aromatic hydroxyl groups is 1. The van der Waals surface area contributed by atoms with Gasteiger partial charge >= 0.3 is 5.97 Å². The monoisotopic (exact) mass is 988 g/mol. The Morgan fingerprint density at radius 1 is 0.972 bits per heavy atom. The van der Waals surface area contributed by atoms with Gasteiger partial charge in [-0.05, 0) is 72.6 Å². The highest BCUT2D eigenvalue weighted by molar-refractivity contribution is 6.32. The summed E-state index contributed by atoms with van der Waals surface area (Å²) in [5, 5.41) is 82.3. The third kappa shape index (κ3) is 10.3. The maximum absolute atomic E-state index is 15.8. The van der Waals surface area contributed by atoms with Crippen molar-refractivity contribution in [1.29, 1.82) is 0 Å². The van der Waals surface area contributed by atoms with Gasteiger partial charge in [0.2, 0.25) is 12.1 Å². The molecule has 8 rings (SSSR count). The van der Waals surface area contributed by atoms with Crippen molar-refractivity contribution in [1.82, 2.24) is 5.32 Å². The number of hydrogen-bond donors (Lipinski definition) is 10. The van der Waals surface area contributed by atoms with Gasteiger partial charge < -0.3 is 71.5 Å². The maximum Gasteiger partial charge on any atom is 0.308 e. The van der Waals surface area contributed by atoms with Crippen molar-refractivity contribution in [2.24, 2.45) is 16.5 Å². The number of aliphatic hydroxyl groups excluding tert-OH is 4. The summed E-state index contributed by atoms with van der Waals surface area (Å²) in [4.78, 5) is 60.7. The minimum atomic E-state index is -3.08. The van der Waals surface area contributed by atoms with E-state index >= 15 is 9.59 Å². The lowest BCUT2D eigenvalue weighted by atomic mass is 9.75. The number of nitrogens with zero attached hydrogens (tertiary/aromatic N) is 1. The van der Waals surface area contributed by atoms with Gasteiger partial charge in [-0.2, -0.15) is 0 Å². The van der Waals surface area contributed by atoms with Crippen molar-refractivity contribution in [3.63, 3.8) is 0 Å². The summed E-state index contributed by atoms with van der Waals surface area (Å²) >= 11 is 0. The van der Waals surface area contributed by atoms with E-state index in [2.05, 4.69) is 22.2 Å². The van der Waals surface area contributed by atoms with Gasteiger partial charge in [0.15, 0.2) is 29.9 Å². The van der Waals surface area contributed by atoms with E-state index in [1.807, 2.05) is 12.1 Å². The Hall–Kier alpha value is -6.83. The minimum absolute atomic E-state index is 0.0282. The summed E-state index contributed by atoms with van der Waals surface area (Å²) in [5.74, 6) is -1.03. The van der Waals surface area contributed by atoms with E-state index in [0.717, 1.165) is 12.5 Å². The molecule has 12 N–H and O–H groups in total. The van der Waals surface area contributed by atoms with Crippen molar-refractivity contribution in [2.45, 2.75) is 114 Å². The fraction of sp³-hybridized carbons (Fsp3) is 0.377. The lowest BCUT2D eigenvalue weighted by molar-refractivity contribution is -0.379. The largest absolute Gasteiger partial charge is 0.507 e. The summed E-state index contributed by atoms with van der Waals surface area (Å²) < 4.78 is 24.6. The third-order valence-corrected chi connectivity index (χ3v) is 13.3. The van der Waals surface area contributed by atoms with Crippen LogP contribution in [0.1, 0.15) is 120 Å². The van der Waals surface area contributed by atoms with Crippen LogP contribution in [0, 0.1) is 11.8 Å². The highest BCUT2D eigenvalue weighted by atomic mass is 16.7. The minimum Gasteiger partial charge on any atom is -0.507 e. The Balaban J connectivity index is 1.42. The van der Waals surface area contributed by atoms with Crippen LogP contribution >= 0.6 is 0 Å². The van der Waals surface area contributed by atoms with Crippen LogP contribution in [0.5, 0.6) is 17.2 Å². The Morgan fingerprint density at radius 2 is 1.71 bits per heavy atom. The molecule has 2 heterocycles. The fourth-order valence-electron chi connectivity index (χ4n) is 9.65. The molecule has 19 heteroatoms. The first-order valence-electron chi connectivity index (χ1n) is 23.4. The number of carbonyl (C=O) groups is 4. The molecule has 4 aliphatic rings. The first-order chi connectivity index (χ1) is 34.4. The number of phenolic OH excluding ortho intramolecular Hbond substituents is 1. The number of phenols is 1. The molecule has 0 amide bonds. The first kappa shape index (κ1) is 51.5. The third-order valence-electron chi connectivity index (χ3n) is 13.3. The van der Waals surface area contributed by atoms with E-state index in [4.69, 9.17) is 30.4 Å². The predicted octanol–water partition coefficient (Wildman–Crippen LogP) is 1.45. The van der Waals surface area contributed by atoms with Crippen molar-refractivity contribution < 1.29 is 73.9 Å². The predicted molar refractivity (Wildman–Crippen MR) is 259 cm³/mol. The molecular weight excluding hydrogens is 933 g/mol. The zero-order chi connectivity index (χ0) is 51.6. The number of aliphatic hydroxyl groups is 6. The zero-order valence-electron chi connectivity index (χ0n) is 39.5. The average molecular weight is 989 g/mol. The number of hydrogen-bond acceptors (Lipinski definition) is 19. The van der Waals surface area contributed by atoms with Crippen molar-refractivity contribution >= 4 is 41.9 Å². The molecule has 1 fully saturated rings. The molecule has 0 radical (unpaired) electrons. The normalized spacial score (nSPS) is 24.1. The number of fused-ring (bicyclic) bond motifs is 2. The number of nitrogens with one attached hydrogen (secondary N) is 1. The second-order valence-corrected chi connectivity index (χ2v) is 18.3. The number of esters is 1. The number of carbonyl (C=O) groups excluding carboxylic acids is 4. The van der Waals surface area contributed by atoms with E-state index in [0.29, 0.717) is 24.8 Å². The van der Waals surface area contributed by atoms with Gasteiger partial charge in [0, 0.05) is 65.3 Å². The summed E-state index contributed by atoms with van der Waals surface area (Å²) in [7, 11) is 0. The van der Waals surface area contributed by atoms with Gasteiger partial charge in [0.25, 0.3) is 0 Å². The van der Waals surface area contributed by atoms with Crippen LogP contribution in [0.15, 0.2) is 53.5 Å². The molecule has 2 aliphatic heterocycles. The topological polar surface area (TPSA) is 323 Å². The van der Waals surface area contributed by atoms with E-state index < -0.39 is 109 Å². The first-order valence-corrected chi connectivity index (χ1v) is 23.4. The quantitative estimate of drug-likeness (QED) is 0.0294. The van der Waals surface area contributed by atoms with Crippen LogP contribution in [0.3, 0.4) is 0 Å². The summed E-state index contributed by atoms with van der Waals surface area (Å²) in [5.41, 5.74) is 12.1. The molecule has 0 spiro atoms. The number of guanidine groups is 1. The lowest BCUT2D eigenvalue weighted by Crippen LogP contribution is -2.68. The van der Waals surface area contributed by atoms with E-state index in [1.165, 1.54) is 31.2 Å². The van der Waals surface area contributed by atoms with Gasteiger partial charge in [-0.1, -0.05) is 60.4 Å². The number of ketones is 2. The number of aldehydes is 1. The van der Waals surface area contributed by atoms with Crippen LogP contribution in [0.25, 0.3) is 12.2 Å². The molecule has 72 heavy (non-hydrogen) atoms. The summed E-state index contributed by atoms with van der Waals surface area (Å²) in [6.07, 6.45) is -4.09. The van der Waals surface area contributed by atoms with Crippen LogP contribution in [-0.4, -0.2) is 127 Å².